The van der Waals surface area contributed by atoms with Crippen LogP contribution in [-0.4, -0.2) is 25.2 Å². The van der Waals surface area contributed by atoms with Crippen LogP contribution < -0.4 is 10.9 Å². The van der Waals surface area contributed by atoms with Crippen LogP contribution in [0.2, 0.25) is 4.34 Å². The molecule has 0 amide bonds. The summed E-state index contributed by atoms with van der Waals surface area (Å²) in [5, 5.41) is 7.83. The molecule has 9 heteroatoms. The van der Waals surface area contributed by atoms with Gasteiger partial charge in [-0.3, -0.25) is 14.6 Å². The molecule has 0 aromatic carbocycles. The van der Waals surface area contributed by atoms with Gasteiger partial charge in [-0.2, -0.15) is 9.78 Å². The third-order valence-corrected chi connectivity index (χ3v) is 6.20. The third-order valence-electron chi connectivity index (χ3n) is 4.97. The first kappa shape index (κ1) is 22.9. The summed E-state index contributed by atoms with van der Waals surface area (Å²) in [4.78, 5) is 31.1. The summed E-state index contributed by atoms with van der Waals surface area (Å²) >= 11 is 7.50. The summed E-state index contributed by atoms with van der Waals surface area (Å²) in [7, 11) is 0. The Morgan fingerprint density at radius 3 is 2.61 bits per heavy atom. The van der Waals surface area contributed by atoms with Gasteiger partial charge in [-0.15, -0.1) is 11.3 Å². The van der Waals surface area contributed by atoms with Crippen LogP contribution >= 0.6 is 22.9 Å². The molecule has 33 heavy (non-hydrogen) atoms. The molecule has 4 aromatic rings. The highest BCUT2D eigenvalue weighted by atomic mass is 35.5. The van der Waals surface area contributed by atoms with Crippen LogP contribution in [-0.2, 0) is 13.1 Å². The summed E-state index contributed by atoms with van der Waals surface area (Å²) in [6.45, 7) is 6.42. The molecule has 0 atom stereocenters. The second-order valence-electron chi connectivity index (χ2n) is 8.64. The third kappa shape index (κ3) is 5.40. The normalized spacial score (nSPS) is 11.5. The summed E-state index contributed by atoms with van der Waals surface area (Å²) in [6.07, 6.45) is 3.42. The minimum Gasteiger partial charge on any atom is -0.365 e. The molecule has 4 heterocycles. The zero-order chi connectivity index (χ0) is 23.6. The van der Waals surface area contributed by atoms with Crippen molar-refractivity contribution in [3.8, 4) is 11.3 Å². The van der Waals surface area contributed by atoms with Gasteiger partial charge in [0.15, 0.2) is 0 Å². The lowest BCUT2D eigenvalue weighted by Crippen LogP contribution is -2.28. The fourth-order valence-electron chi connectivity index (χ4n) is 3.21. The van der Waals surface area contributed by atoms with Gasteiger partial charge in [0, 0.05) is 40.4 Å². The molecule has 1 N–H and O–H groups in total. The number of rotatable bonds is 6. The Morgan fingerprint density at radius 2 is 1.97 bits per heavy atom. The van der Waals surface area contributed by atoms with E-state index in [-0.39, 0.29) is 11.5 Å². The Morgan fingerprint density at radius 1 is 1.15 bits per heavy atom. The molecule has 0 bridgehead atoms. The van der Waals surface area contributed by atoms with E-state index in [1.165, 1.54) is 22.1 Å². The number of halogens is 1. The average molecular weight is 482 g/mol. The van der Waals surface area contributed by atoms with E-state index in [1.807, 2.05) is 57.2 Å². The van der Waals surface area contributed by atoms with E-state index in [0.29, 0.717) is 34.5 Å². The molecule has 4 rings (SSSR count). The summed E-state index contributed by atoms with van der Waals surface area (Å²) in [6, 6.07) is 14.5. The van der Waals surface area contributed by atoms with E-state index in [0.717, 1.165) is 10.6 Å². The topological polar surface area (TPSA) is 81.8 Å². The van der Waals surface area contributed by atoms with Crippen molar-refractivity contribution >= 4 is 34.7 Å². The highest BCUT2D eigenvalue weighted by molar-refractivity contribution is 7.16. The van der Waals surface area contributed by atoms with Crippen LogP contribution in [0.5, 0.6) is 0 Å². The Kier molecular flexibility index (Phi) is 6.49. The van der Waals surface area contributed by atoms with Gasteiger partial charge < -0.3 is 9.88 Å². The molecule has 0 saturated carbocycles. The van der Waals surface area contributed by atoms with Gasteiger partial charge in [-0.1, -0.05) is 38.4 Å². The summed E-state index contributed by atoms with van der Waals surface area (Å²) in [5.74, 6) is 0.413. The van der Waals surface area contributed by atoms with Gasteiger partial charge in [-0.25, -0.2) is 0 Å². The molecule has 4 aromatic heterocycles. The first-order valence-electron chi connectivity index (χ1n) is 10.4. The van der Waals surface area contributed by atoms with Crippen molar-refractivity contribution < 1.29 is 4.79 Å². The van der Waals surface area contributed by atoms with Gasteiger partial charge in [0.25, 0.3) is 11.5 Å². The summed E-state index contributed by atoms with van der Waals surface area (Å²) < 4.78 is 3.67. The van der Waals surface area contributed by atoms with E-state index in [1.54, 1.807) is 23.0 Å². The quantitative estimate of drug-likeness (QED) is 0.411. The SMILES string of the molecule is CC(C)(C)C(=O)n1nc(-c2ccn(Cc3ccccn3)c(=O)c2)cc1NCc1ccc(Cl)s1. The van der Waals surface area contributed by atoms with Gasteiger partial charge >= 0.3 is 0 Å². The van der Waals surface area contributed by atoms with E-state index in [9.17, 15) is 9.59 Å². The van der Waals surface area contributed by atoms with Crippen molar-refractivity contribution in [2.24, 2.45) is 5.41 Å². The lowest BCUT2D eigenvalue weighted by molar-refractivity contribution is 0.0752. The Bertz CT molecular complexity index is 1330. The second kappa shape index (κ2) is 9.33. The van der Waals surface area contributed by atoms with Crippen molar-refractivity contribution in [3.63, 3.8) is 0 Å². The number of aromatic nitrogens is 4. The van der Waals surface area contributed by atoms with Crippen molar-refractivity contribution in [3.05, 3.63) is 86.2 Å². The summed E-state index contributed by atoms with van der Waals surface area (Å²) in [5.41, 5.74) is 1.18. The molecular weight excluding hydrogens is 458 g/mol. The van der Waals surface area contributed by atoms with E-state index < -0.39 is 5.41 Å². The number of carbonyl (C=O) groups excluding carboxylic acids is 1. The predicted octanol–water partition coefficient (Wildman–Crippen LogP) is 5.17. The Balaban J connectivity index is 1.64. The zero-order valence-electron chi connectivity index (χ0n) is 18.6. The number of hydrogen-bond donors (Lipinski definition) is 1. The van der Waals surface area contributed by atoms with Crippen LogP contribution in [0, 0.1) is 5.41 Å². The number of pyridine rings is 2. The van der Waals surface area contributed by atoms with E-state index >= 15 is 0 Å². The Hall–Kier alpha value is -3.23. The largest absolute Gasteiger partial charge is 0.365 e. The van der Waals surface area contributed by atoms with Gasteiger partial charge in [0.05, 0.1) is 28.8 Å². The van der Waals surface area contributed by atoms with E-state index in [4.69, 9.17) is 11.6 Å². The number of carbonyl (C=O) groups is 1. The molecule has 7 nitrogen and oxygen atoms in total. The van der Waals surface area contributed by atoms with Crippen molar-refractivity contribution in [2.75, 3.05) is 5.32 Å². The zero-order valence-corrected chi connectivity index (χ0v) is 20.2. The smallest absolute Gasteiger partial charge is 0.254 e. The predicted molar refractivity (Wildman–Crippen MR) is 132 cm³/mol. The molecule has 0 saturated heterocycles. The van der Waals surface area contributed by atoms with Crippen molar-refractivity contribution in [1.82, 2.24) is 19.3 Å². The second-order valence-corrected chi connectivity index (χ2v) is 10.4. The maximum absolute atomic E-state index is 13.0. The minimum absolute atomic E-state index is 0.149. The Labute approximate surface area is 200 Å². The molecule has 0 radical (unpaired) electrons. The number of anilines is 1. The molecule has 0 aliphatic carbocycles. The lowest BCUT2D eigenvalue weighted by Gasteiger charge is -2.18. The highest BCUT2D eigenvalue weighted by Crippen LogP contribution is 2.27. The monoisotopic (exact) mass is 481 g/mol. The van der Waals surface area contributed by atoms with Crippen LogP contribution in [0.25, 0.3) is 11.3 Å². The fraction of sp³-hybridized carbons (Fsp3) is 0.250. The molecule has 0 spiro atoms. The molecular formula is C24H24ClN5O2S. The van der Waals surface area contributed by atoms with Crippen molar-refractivity contribution in [2.45, 2.75) is 33.9 Å². The standard InChI is InChI=1S/C24H24ClN5O2S/c1-24(2,3)23(32)30-21(27-14-18-7-8-20(25)33-18)13-19(28-30)16-9-11-29(22(31)12-16)15-17-6-4-5-10-26-17/h4-13,27H,14-15H2,1-3H3. The van der Waals surface area contributed by atoms with Gasteiger partial charge in [0.2, 0.25) is 0 Å². The lowest BCUT2D eigenvalue weighted by atomic mass is 9.96. The minimum atomic E-state index is -0.627. The molecule has 170 valence electrons. The molecule has 0 aliphatic heterocycles. The van der Waals surface area contributed by atoms with Gasteiger partial charge in [-0.05, 0) is 30.3 Å². The first-order valence-corrected chi connectivity index (χ1v) is 11.6. The van der Waals surface area contributed by atoms with E-state index in [2.05, 4.69) is 15.4 Å². The number of nitrogens with zero attached hydrogens (tertiary/aromatic N) is 4. The highest BCUT2D eigenvalue weighted by Gasteiger charge is 2.27. The fourth-order valence-corrected chi connectivity index (χ4v) is 4.24. The maximum atomic E-state index is 13.0. The first-order chi connectivity index (χ1) is 15.7. The maximum Gasteiger partial charge on any atom is 0.254 e. The van der Waals surface area contributed by atoms with Crippen LogP contribution in [0.1, 0.15) is 36.1 Å². The molecule has 0 unspecified atom stereocenters. The van der Waals surface area contributed by atoms with Crippen LogP contribution in [0.3, 0.4) is 0 Å². The molecule has 0 aliphatic rings. The van der Waals surface area contributed by atoms with Crippen LogP contribution in [0.15, 0.2) is 65.7 Å². The number of thiophene rings is 1. The van der Waals surface area contributed by atoms with Crippen LogP contribution in [0.4, 0.5) is 5.82 Å². The number of hydrogen-bond acceptors (Lipinski definition) is 6. The molecule has 0 fully saturated rings. The number of nitrogens with one attached hydrogen (secondary N) is 1. The van der Waals surface area contributed by atoms with Crippen molar-refractivity contribution in [1.29, 1.82) is 0 Å². The van der Waals surface area contributed by atoms with Gasteiger partial charge in [0.1, 0.15) is 5.82 Å². The average Bonchev–Trinajstić information content (AvgIpc) is 3.39.